The Morgan fingerprint density at radius 2 is 1.39 bits per heavy atom. The average Bonchev–Trinajstić information content (AvgIpc) is 2.75. The van der Waals surface area contributed by atoms with Gasteiger partial charge < -0.3 is 26.2 Å². The van der Waals surface area contributed by atoms with Crippen molar-refractivity contribution in [1.82, 2.24) is 0 Å². The quantitative estimate of drug-likeness (QED) is 0.274. The number of amides is 3. The molecular weight excluding hydrogens is 418 g/mol. The van der Waals surface area contributed by atoms with Gasteiger partial charge in [-0.15, -0.1) is 11.8 Å². The Balaban J connectivity index is 1.48. The lowest BCUT2D eigenvalue weighted by atomic mass is 10.2. The Labute approximate surface area is 182 Å². The first-order chi connectivity index (χ1) is 14.9. The van der Waals surface area contributed by atoms with E-state index in [4.69, 9.17) is 5.11 Å². The molecule has 9 heteroatoms. The molecule has 0 saturated carbocycles. The van der Waals surface area contributed by atoms with Gasteiger partial charge in [0.15, 0.2) is 0 Å². The maximum atomic E-state index is 12.1. The van der Waals surface area contributed by atoms with Crippen LogP contribution >= 0.6 is 11.8 Å². The summed E-state index contributed by atoms with van der Waals surface area (Å²) in [6, 6.07) is 19.5. The molecule has 0 fully saturated rings. The lowest BCUT2D eigenvalue weighted by Crippen LogP contribution is -2.19. The number of hydrogen-bond donors (Lipinski definition) is 5. The van der Waals surface area contributed by atoms with Gasteiger partial charge in [0.2, 0.25) is 5.91 Å². The molecule has 0 aliphatic carbocycles. The molecule has 0 aliphatic rings. The summed E-state index contributed by atoms with van der Waals surface area (Å²) in [5.74, 6) is -1.87. The van der Waals surface area contributed by atoms with Crippen LogP contribution in [0.2, 0.25) is 0 Å². The van der Waals surface area contributed by atoms with Crippen LogP contribution in [-0.4, -0.2) is 33.9 Å². The minimum atomic E-state index is -1.28. The van der Waals surface area contributed by atoms with Gasteiger partial charge in [-0.3, -0.25) is 4.79 Å². The maximum Gasteiger partial charge on any atom is 0.339 e. The molecule has 0 saturated heterocycles. The largest absolute Gasteiger partial charge is 0.507 e. The highest BCUT2D eigenvalue weighted by molar-refractivity contribution is 8.00. The predicted molar refractivity (Wildman–Crippen MR) is 120 cm³/mol. The number of carboxylic acids is 1. The Hall–Kier alpha value is -3.98. The minimum Gasteiger partial charge on any atom is -0.507 e. The molecule has 0 radical (unpaired) electrons. The first-order valence-corrected chi connectivity index (χ1v) is 10.1. The molecule has 0 heterocycles. The van der Waals surface area contributed by atoms with Crippen LogP contribution in [0.5, 0.6) is 5.75 Å². The summed E-state index contributed by atoms with van der Waals surface area (Å²) in [6.45, 7) is 0. The molecular formula is C22H19N3O5S. The molecule has 0 spiro atoms. The van der Waals surface area contributed by atoms with Crippen molar-refractivity contribution >= 4 is 46.7 Å². The summed E-state index contributed by atoms with van der Waals surface area (Å²) in [5.41, 5.74) is 1.28. The molecule has 31 heavy (non-hydrogen) atoms. The van der Waals surface area contributed by atoms with Gasteiger partial charge >= 0.3 is 12.0 Å². The number of carbonyl (C=O) groups excluding carboxylic acids is 2. The third kappa shape index (κ3) is 6.51. The van der Waals surface area contributed by atoms with Crippen molar-refractivity contribution in [1.29, 1.82) is 0 Å². The van der Waals surface area contributed by atoms with Crippen molar-refractivity contribution in [2.75, 3.05) is 21.7 Å². The topological polar surface area (TPSA) is 128 Å². The number of para-hydroxylation sites is 1. The molecule has 5 N–H and O–H groups in total. The number of carbonyl (C=O) groups is 3. The SMILES string of the molecule is O=C(CSc1ccc(NC(=O)Nc2ccccc2)cc1)Nc1ccc(O)c(C(=O)O)c1. The van der Waals surface area contributed by atoms with E-state index in [2.05, 4.69) is 16.0 Å². The molecule has 0 aliphatic heterocycles. The van der Waals surface area contributed by atoms with Crippen molar-refractivity contribution < 1.29 is 24.6 Å². The highest BCUT2D eigenvalue weighted by Gasteiger charge is 2.12. The summed E-state index contributed by atoms with van der Waals surface area (Å²) in [6.07, 6.45) is 0. The summed E-state index contributed by atoms with van der Waals surface area (Å²) >= 11 is 1.29. The van der Waals surface area contributed by atoms with Gasteiger partial charge in [-0.05, 0) is 54.6 Å². The normalized spacial score (nSPS) is 10.2. The smallest absolute Gasteiger partial charge is 0.339 e. The zero-order valence-electron chi connectivity index (χ0n) is 16.2. The number of aromatic carboxylic acids is 1. The van der Waals surface area contributed by atoms with Gasteiger partial charge in [0.1, 0.15) is 11.3 Å². The van der Waals surface area contributed by atoms with Gasteiger partial charge in [0, 0.05) is 22.0 Å². The van der Waals surface area contributed by atoms with Crippen LogP contribution < -0.4 is 16.0 Å². The summed E-state index contributed by atoms with van der Waals surface area (Å²) in [5, 5.41) is 26.6. The fourth-order valence-electron chi connectivity index (χ4n) is 2.58. The van der Waals surface area contributed by atoms with E-state index in [-0.39, 0.29) is 34.7 Å². The Morgan fingerprint density at radius 1 is 0.774 bits per heavy atom. The van der Waals surface area contributed by atoms with E-state index in [1.54, 1.807) is 36.4 Å². The molecule has 0 atom stereocenters. The second-order valence-electron chi connectivity index (χ2n) is 6.34. The van der Waals surface area contributed by atoms with Crippen LogP contribution in [-0.2, 0) is 4.79 Å². The van der Waals surface area contributed by atoms with E-state index in [1.165, 1.54) is 30.0 Å². The number of urea groups is 1. The van der Waals surface area contributed by atoms with Crippen LogP contribution in [0.25, 0.3) is 0 Å². The van der Waals surface area contributed by atoms with Crippen LogP contribution in [0.3, 0.4) is 0 Å². The number of anilines is 3. The number of carboxylic acid groups (broad SMARTS) is 1. The first kappa shape index (κ1) is 21.7. The van der Waals surface area contributed by atoms with Gasteiger partial charge in [-0.1, -0.05) is 18.2 Å². The van der Waals surface area contributed by atoms with Gasteiger partial charge in [0.05, 0.1) is 5.75 Å². The molecule has 0 unspecified atom stereocenters. The molecule has 3 amide bonds. The molecule has 0 aromatic heterocycles. The summed E-state index contributed by atoms with van der Waals surface area (Å²) in [7, 11) is 0. The average molecular weight is 437 g/mol. The van der Waals surface area contributed by atoms with Crippen LogP contribution in [0, 0.1) is 0 Å². The maximum absolute atomic E-state index is 12.1. The van der Waals surface area contributed by atoms with E-state index in [0.717, 1.165) is 4.90 Å². The number of phenols is 1. The Morgan fingerprint density at radius 3 is 2.03 bits per heavy atom. The molecule has 158 valence electrons. The van der Waals surface area contributed by atoms with E-state index < -0.39 is 5.97 Å². The second-order valence-corrected chi connectivity index (χ2v) is 7.39. The molecule has 3 aromatic rings. The zero-order valence-corrected chi connectivity index (χ0v) is 17.0. The van der Waals surface area contributed by atoms with Gasteiger partial charge in [-0.25, -0.2) is 9.59 Å². The number of aromatic hydroxyl groups is 1. The number of rotatable bonds is 7. The van der Waals surface area contributed by atoms with E-state index in [0.29, 0.717) is 11.4 Å². The molecule has 8 nitrogen and oxygen atoms in total. The van der Waals surface area contributed by atoms with Crippen molar-refractivity contribution in [3.63, 3.8) is 0 Å². The minimum absolute atomic E-state index is 0.102. The standard InChI is InChI=1S/C22H19N3O5S/c26-19-11-8-16(12-18(19)21(28)29)23-20(27)13-31-17-9-6-15(7-10-17)25-22(30)24-14-4-2-1-3-5-14/h1-12,26H,13H2,(H,23,27)(H,28,29)(H2,24,25,30). The van der Waals surface area contributed by atoms with Crippen molar-refractivity contribution in [3.8, 4) is 5.75 Å². The predicted octanol–water partition coefficient (Wildman–Crippen LogP) is 4.47. The highest BCUT2D eigenvalue weighted by atomic mass is 32.2. The van der Waals surface area contributed by atoms with Crippen molar-refractivity contribution in [2.24, 2.45) is 0 Å². The summed E-state index contributed by atoms with van der Waals surface area (Å²) < 4.78 is 0. The Bertz CT molecular complexity index is 1090. The fraction of sp³-hybridized carbons (Fsp3) is 0.0455. The van der Waals surface area contributed by atoms with Crippen molar-refractivity contribution in [3.05, 3.63) is 78.4 Å². The van der Waals surface area contributed by atoms with Crippen LogP contribution in [0.4, 0.5) is 21.9 Å². The van der Waals surface area contributed by atoms with Crippen LogP contribution in [0.15, 0.2) is 77.7 Å². The Kier molecular flexibility index (Phi) is 7.13. The van der Waals surface area contributed by atoms with E-state index >= 15 is 0 Å². The fourth-order valence-corrected chi connectivity index (χ4v) is 3.28. The number of benzene rings is 3. The van der Waals surface area contributed by atoms with Crippen molar-refractivity contribution in [2.45, 2.75) is 4.90 Å². The molecule has 3 rings (SSSR count). The number of thioether (sulfide) groups is 1. The van der Waals surface area contributed by atoms with Gasteiger partial charge in [0.25, 0.3) is 0 Å². The van der Waals surface area contributed by atoms with Gasteiger partial charge in [-0.2, -0.15) is 0 Å². The summed E-state index contributed by atoms with van der Waals surface area (Å²) in [4.78, 5) is 36.0. The third-order valence-electron chi connectivity index (χ3n) is 4.02. The van der Waals surface area contributed by atoms with Crippen LogP contribution in [0.1, 0.15) is 10.4 Å². The molecule has 0 bridgehead atoms. The zero-order chi connectivity index (χ0) is 22.2. The monoisotopic (exact) mass is 437 g/mol. The van der Waals surface area contributed by atoms with E-state index in [9.17, 15) is 19.5 Å². The van der Waals surface area contributed by atoms with E-state index in [1.807, 2.05) is 18.2 Å². The highest BCUT2D eigenvalue weighted by Crippen LogP contribution is 2.23. The number of hydrogen-bond acceptors (Lipinski definition) is 5. The molecule has 3 aromatic carbocycles. The first-order valence-electron chi connectivity index (χ1n) is 9.13. The number of nitrogens with one attached hydrogen (secondary N) is 3. The lowest BCUT2D eigenvalue weighted by Gasteiger charge is -2.09. The third-order valence-corrected chi connectivity index (χ3v) is 5.04. The lowest BCUT2D eigenvalue weighted by molar-refractivity contribution is -0.113. The second kappa shape index (κ2) is 10.2.